The second-order valence-electron chi connectivity index (χ2n) is 4.25. The van der Waals surface area contributed by atoms with Crippen molar-refractivity contribution >= 4 is 12.2 Å². The van der Waals surface area contributed by atoms with E-state index in [0.29, 0.717) is 17.8 Å². The van der Waals surface area contributed by atoms with Crippen molar-refractivity contribution in [2.24, 2.45) is 5.84 Å². The molecule has 0 fully saturated rings. The number of carbonyl (C=O) groups is 2. The van der Waals surface area contributed by atoms with Crippen LogP contribution in [0.25, 0.3) is 0 Å². The number of hydrogen-bond donors (Lipinski definition) is 2. The highest BCUT2D eigenvalue weighted by atomic mass is 19.1. The molecule has 1 aromatic heterocycles. The number of carbonyl (C=O) groups excluding carboxylic acids is 2. The number of benzene rings is 1. The predicted molar refractivity (Wildman–Crippen MR) is 71.2 cm³/mol. The molecule has 21 heavy (non-hydrogen) atoms. The lowest BCUT2D eigenvalue weighted by molar-refractivity contribution is 0.0952. The van der Waals surface area contributed by atoms with E-state index in [9.17, 15) is 14.0 Å². The molecule has 1 aromatic carbocycles. The molecule has 7 heteroatoms. The smallest absolute Gasteiger partial charge is 0.268 e. The van der Waals surface area contributed by atoms with Crippen molar-refractivity contribution in [1.82, 2.24) is 5.43 Å². The molecule has 0 atom stereocenters. The Hall–Kier alpha value is -2.67. The first-order valence-corrected chi connectivity index (χ1v) is 6.03. The summed E-state index contributed by atoms with van der Waals surface area (Å²) < 4.78 is 24.2. The molecular weight excluding hydrogens is 279 g/mol. The number of nitrogens with two attached hydrogens (primary N) is 1. The molecule has 1 amide bonds. The Balaban J connectivity index is 2.10. The first-order chi connectivity index (χ1) is 10.0. The fraction of sp³-hybridized carbons (Fsp3) is 0.143. The van der Waals surface area contributed by atoms with Crippen LogP contribution in [0.15, 0.2) is 28.7 Å². The summed E-state index contributed by atoms with van der Waals surface area (Å²) in [7, 11) is 0. The molecule has 1 heterocycles. The molecule has 2 rings (SSSR count). The number of rotatable bonds is 5. The van der Waals surface area contributed by atoms with Crippen LogP contribution in [0.3, 0.4) is 0 Å². The topological polar surface area (TPSA) is 94.6 Å². The summed E-state index contributed by atoms with van der Waals surface area (Å²) in [5.74, 6) is 4.63. The summed E-state index contributed by atoms with van der Waals surface area (Å²) in [6.45, 7) is 1.55. The lowest BCUT2D eigenvalue weighted by Crippen LogP contribution is -2.30. The van der Waals surface area contributed by atoms with E-state index >= 15 is 0 Å². The molecule has 0 aliphatic heterocycles. The summed E-state index contributed by atoms with van der Waals surface area (Å²) in [5, 5.41) is 0. The molecule has 0 saturated heterocycles. The van der Waals surface area contributed by atoms with Crippen molar-refractivity contribution in [2.45, 2.75) is 13.5 Å². The first-order valence-electron chi connectivity index (χ1n) is 6.03. The van der Waals surface area contributed by atoms with Gasteiger partial charge in [0.15, 0.2) is 11.6 Å². The van der Waals surface area contributed by atoms with Crippen LogP contribution in [0.4, 0.5) is 4.39 Å². The highest BCUT2D eigenvalue weighted by Crippen LogP contribution is 2.21. The zero-order chi connectivity index (χ0) is 15.4. The maximum Gasteiger partial charge on any atom is 0.268 e. The van der Waals surface area contributed by atoms with E-state index in [4.69, 9.17) is 15.0 Å². The van der Waals surface area contributed by atoms with Crippen LogP contribution in [0.2, 0.25) is 0 Å². The number of aldehydes is 1. The highest BCUT2D eigenvalue weighted by Gasteiger charge is 2.14. The normalized spacial score (nSPS) is 10.2. The number of nitrogen functional groups attached to an aromatic ring is 1. The number of halogens is 1. The second kappa shape index (κ2) is 6.19. The van der Waals surface area contributed by atoms with Crippen molar-refractivity contribution < 1.29 is 23.1 Å². The second-order valence-corrected chi connectivity index (χ2v) is 4.25. The van der Waals surface area contributed by atoms with Gasteiger partial charge in [-0.25, -0.2) is 10.2 Å². The third-order valence-electron chi connectivity index (χ3n) is 2.81. The van der Waals surface area contributed by atoms with Gasteiger partial charge < -0.3 is 9.15 Å². The fourth-order valence-electron chi connectivity index (χ4n) is 1.77. The number of aryl methyl sites for hydroxylation is 1. The van der Waals surface area contributed by atoms with Gasteiger partial charge in [-0.2, -0.15) is 0 Å². The van der Waals surface area contributed by atoms with Crippen LogP contribution in [0.5, 0.6) is 5.75 Å². The van der Waals surface area contributed by atoms with Crippen LogP contribution in [-0.4, -0.2) is 12.2 Å². The van der Waals surface area contributed by atoms with Gasteiger partial charge in [-0.05, 0) is 31.2 Å². The van der Waals surface area contributed by atoms with Crippen molar-refractivity contribution in [1.29, 1.82) is 0 Å². The molecule has 0 saturated carbocycles. The van der Waals surface area contributed by atoms with Crippen LogP contribution in [0, 0.1) is 12.7 Å². The molecule has 6 nitrogen and oxygen atoms in total. The van der Waals surface area contributed by atoms with E-state index < -0.39 is 11.7 Å². The minimum Gasteiger partial charge on any atom is -0.483 e. The standard InChI is InChI=1S/C14H13FN2O4/c1-8-11(14(19)17-16)5-10(21-8)7-20-13-3-2-9(6-18)4-12(13)15/h2-6H,7,16H2,1H3,(H,17,19). The third-order valence-corrected chi connectivity index (χ3v) is 2.81. The van der Waals surface area contributed by atoms with Gasteiger partial charge in [-0.3, -0.25) is 15.0 Å². The lowest BCUT2D eigenvalue weighted by atomic mass is 10.2. The summed E-state index contributed by atoms with van der Waals surface area (Å²) in [4.78, 5) is 21.9. The highest BCUT2D eigenvalue weighted by molar-refractivity contribution is 5.94. The summed E-state index contributed by atoms with van der Waals surface area (Å²) in [5.41, 5.74) is 2.50. The lowest BCUT2D eigenvalue weighted by Gasteiger charge is -2.05. The predicted octanol–water partition coefficient (Wildman–Crippen LogP) is 1.72. The van der Waals surface area contributed by atoms with Crippen LogP contribution < -0.4 is 16.0 Å². The first kappa shape index (κ1) is 14.7. The Morgan fingerprint density at radius 3 is 2.86 bits per heavy atom. The molecule has 0 aliphatic carbocycles. The van der Waals surface area contributed by atoms with E-state index in [0.717, 1.165) is 6.07 Å². The molecule has 3 N–H and O–H groups in total. The van der Waals surface area contributed by atoms with Gasteiger partial charge in [-0.1, -0.05) is 0 Å². The average molecular weight is 292 g/mol. The SMILES string of the molecule is Cc1oc(COc2ccc(C=O)cc2F)cc1C(=O)NN. The Morgan fingerprint density at radius 2 is 2.24 bits per heavy atom. The van der Waals surface area contributed by atoms with Crippen LogP contribution in [0.1, 0.15) is 32.2 Å². The van der Waals surface area contributed by atoms with Gasteiger partial charge in [0, 0.05) is 5.56 Å². The number of nitrogens with one attached hydrogen (secondary N) is 1. The van der Waals surface area contributed by atoms with Gasteiger partial charge in [-0.15, -0.1) is 0 Å². The zero-order valence-electron chi connectivity index (χ0n) is 11.2. The van der Waals surface area contributed by atoms with Gasteiger partial charge in [0.1, 0.15) is 24.4 Å². The summed E-state index contributed by atoms with van der Waals surface area (Å²) in [6.07, 6.45) is 0.542. The van der Waals surface area contributed by atoms with E-state index in [1.54, 1.807) is 6.92 Å². The number of ether oxygens (including phenoxy) is 1. The van der Waals surface area contributed by atoms with Gasteiger partial charge in [0.25, 0.3) is 5.91 Å². The third kappa shape index (κ3) is 3.26. The maximum atomic E-state index is 13.6. The molecule has 0 spiro atoms. The number of furan rings is 1. The van der Waals surface area contributed by atoms with E-state index in [2.05, 4.69) is 0 Å². The fourth-order valence-corrected chi connectivity index (χ4v) is 1.77. The number of hydrazine groups is 1. The molecule has 0 unspecified atom stereocenters. The summed E-state index contributed by atoms with van der Waals surface area (Å²) in [6, 6.07) is 5.33. The molecular formula is C14H13FN2O4. The van der Waals surface area contributed by atoms with Gasteiger partial charge in [0.2, 0.25) is 0 Å². The zero-order valence-corrected chi connectivity index (χ0v) is 11.2. The Labute approximate surface area is 119 Å². The van der Waals surface area contributed by atoms with Crippen molar-refractivity contribution in [3.8, 4) is 5.75 Å². The monoisotopic (exact) mass is 292 g/mol. The minimum absolute atomic E-state index is 0.0144. The van der Waals surface area contributed by atoms with E-state index in [1.165, 1.54) is 18.2 Å². The van der Waals surface area contributed by atoms with E-state index in [-0.39, 0.29) is 23.5 Å². The van der Waals surface area contributed by atoms with Crippen LogP contribution >= 0.6 is 0 Å². The molecule has 0 radical (unpaired) electrons. The van der Waals surface area contributed by atoms with Crippen molar-refractivity contribution in [2.75, 3.05) is 0 Å². The molecule has 2 aromatic rings. The molecule has 0 aliphatic rings. The van der Waals surface area contributed by atoms with Crippen LogP contribution in [-0.2, 0) is 6.61 Å². The average Bonchev–Trinajstić information content (AvgIpc) is 2.86. The van der Waals surface area contributed by atoms with Crippen molar-refractivity contribution in [3.05, 3.63) is 52.7 Å². The quantitative estimate of drug-likeness (QED) is 0.379. The Bertz CT molecular complexity index is 682. The number of amides is 1. The molecule has 110 valence electrons. The van der Waals surface area contributed by atoms with Gasteiger partial charge in [0.05, 0.1) is 5.56 Å². The minimum atomic E-state index is -0.650. The largest absolute Gasteiger partial charge is 0.483 e. The number of hydrogen-bond acceptors (Lipinski definition) is 5. The maximum absolute atomic E-state index is 13.6. The van der Waals surface area contributed by atoms with E-state index in [1.807, 2.05) is 5.43 Å². The Morgan fingerprint density at radius 1 is 1.48 bits per heavy atom. The van der Waals surface area contributed by atoms with Crippen molar-refractivity contribution in [3.63, 3.8) is 0 Å². The Kier molecular flexibility index (Phi) is 4.34. The van der Waals surface area contributed by atoms with Gasteiger partial charge >= 0.3 is 0 Å². The summed E-state index contributed by atoms with van der Waals surface area (Å²) >= 11 is 0. The molecule has 0 bridgehead atoms.